The van der Waals surface area contributed by atoms with Gasteiger partial charge in [-0.25, -0.2) is 18.6 Å². The lowest BCUT2D eigenvalue weighted by atomic mass is 10.0. The van der Waals surface area contributed by atoms with Crippen LogP contribution in [0.4, 0.5) is 8.78 Å². The predicted octanol–water partition coefficient (Wildman–Crippen LogP) is 4.38. The van der Waals surface area contributed by atoms with E-state index in [4.69, 9.17) is 28.4 Å². The van der Waals surface area contributed by atoms with Gasteiger partial charge in [0.1, 0.15) is 41.4 Å². The first-order valence-corrected chi connectivity index (χ1v) is 13.8. The lowest BCUT2D eigenvalue weighted by Crippen LogP contribution is -2.47. The minimum Gasteiger partial charge on any atom is -0.493 e. The zero-order valence-corrected chi connectivity index (χ0v) is 24.3. The van der Waals surface area contributed by atoms with E-state index >= 15 is 0 Å². The minimum absolute atomic E-state index is 0.0842. The van der Waals surface area contributed by atoms with E-state index in [1.165, 1.54) is 74.8 Å². The molecule has 0 radical (unpaired) electrons. The summed E-state index contributed by atoms with van der Waals surface area (Å²) in [4.78, 5) is 41.9. The number of esters is 2. The van der Waals surface area contributed by atoms with Crippen LogP contribution >= 0.6 is 0 Å². The summed E-state index contributed by atoms with van der Waals surface area (Å²) >= 11 is 0. The third-order valence-electron chi connectivity index (χ3n) is 6.66. The second-order valence-electron chi connectivity index (χ2n) is 9.83. The van der Waals surface area contributed by atoms with Crippen molar-refractivity contribution in [2.45, 2.75) is 57.5 Å². The van der Waals surface area contributed by atoms with Crippen molar-refractivity contribution in [3.05, 3.63) is 78.1 Å². The van der Waals surface area contributed by atoms with Crippen LogP contribution in [-0.2, 0) is 19.1 Å². The number of hydrogen-bond donors (Lipinski definition) is 1. The number of aromatic nitrogens is 1. The number of amides is 1. The summed E-state index contributed by atoms with van der Waals surface area (Å²) in [5.41, 5.74) is -0.202. The number of cyclic esters (lactones) is 1. The Balaban J connectivity index is 1.55. The molecule has 1 fully saturated rings. The third kappa shape index (κ3) is 8.55. The molecule has 4 unspecified atom stereocenters. The van der Waals surface area contributed by atoms with Crippen LogP contribution in [0.15, 0.2) is 60.8 Å². The van der Waals surface area contributed by atoms with Gasteiger partial charge in [-0.05, 0) is 74.7 Å². The normalized spacial score (nSPS) is 20.2. The van der Waals surface area contributed by atoms with E-state index < -0.39 is 60.6 Å². The molecule has 234 valence electrons. The molecular formula is C31H32F2N2O9. The highest BCUT2D eigenvalue weighted by Crippen LogP contribution is 2.30. The summed E-state index contributed by atoms with van der Waals surface area (Å²) in [6, 6.07) is 11.2. The van der Waals surface area contributed by atoms with Crippen molar-refractivity contribution in [2.24, 2.45) is 0 Å². The van der Waals surface area contributed by atoms with Crippen LogP contribution in [0.3, 0.4) is 0 Å². The molecule has 1 aromatic heterocycles. The van der Waals surface area contributed by atoms with Crippen molar-refractivity contribution in [3.8, 4) is 23.0 Å². The van der Waals surface area contributed by atoms with E-state index in [2.05, 4.69) is 10.3 Å². The standard InChI is InChI=1S/C31H32F2N2O9/c1-18-28(44-23-13-9-21(33)10-14-23)26(43-22-11-7-20(32)8-12-22)6-4-5-24(31(38)42-18)35-30(37)27-29(41-17-40-19(2)36)25(39-3)15-16-34-27/h7-16,18,24,26,28H,4-6,17H2,1-3H3,(H,35,37). The van der Waals surface area contributed by atoms with Gasteiger partial charge in [0.2, 0.25) is 6.79 Å². The number of carbonyl (C=O) groups excluding carboxylic acids is 3. The summed E-state index contributed by atoms with van der Waals surface area (Å²) in [7, 11) is 1.36. The Hall–Kier alpha value is -4.94. The maximum absolute atomic E-state index is 13.5. The highest BCUT2D eigenvalue weighted by Gasteiger charge is 2.37. The summed E-state index contributed by atoms with van der Waals surface area (Å²) < 4.78 is 60.7. The van der Waals surface area contributed by atoms with E-state index in [9.17, 15) is 23.2 Å². The molecule has 0 spiro atoms. The highest BCUT2D eigenvalue weighted by molar-refractivity contribution is 5.98. The quantitative estimate of drug-likeness (QED) is 0.259. The molecule has 4 rings (SSSR count). The molecule has 0 saturated carbocycles. The molecule has 3 aromatic rings. The Kier molecular flexibility index (Phi) is 10.9. The van der Waals surface area contributed by atoms with Crippen LogP contribution in [0.5, 0.6) is 23.0 Å². The average Bonchev–Trinajstić information content (AvgIpc) is 3.04. The lowest BCUT2D eigenvalue weighted by Gasteiger charge is -2.31. The molecule has 1 amide bonds. The van der Waals surface area contributed by atoms with E-state index in [0.717, 1.165) is 0 Å². The first kappa shape index (κ1) is 32.0. The Morgan fingerprint density at radius 1 is 0.977 bits per heavy atom. The van der Waals surface area contributed by atoms with Crippen LogP contribution in [0, 0.1) is 11.6 Å². The molecule has 44 heavy (non-hydrogen) atoms. The molecule has 4 atom stereocenters. The van der Waals surface area contributed by atoms with Gasteiger partial charge in [0.15, 0.2) is 23.3 Å². The van der Waals surface area contributed by atoms with Gasteiger partial charge in [-0.1, -0.05) is 0 Å². The SMILES string of the molecule is COc1ccnc(C(=O)NC2CCCC(Oc3ccc(F)cc3)C(Oc3ccc(F)cc3)C(C)OC2=O)c1OCOC(C)=O. The third-order valence-corrected chi connectivity index (χ3v) is 6.66. The monoisotopic (exact) mass is 614 g/mol. The van der Waals surface area contributed by atoms with Crippen molar-refractivity contribution < 1.29 is 51.6 Å². The maximum atomic E-state index is 13.5. The van der Waals surface area contributed by atoms with Gasteiger partial charge >= 0.3 is 11.9 Å². The van der Waals surface area contributed by atoms with Crippen LogP contribution in [0.25, 0.3) is 0 Å². The van der Waals surface area contributed by atoms with Crippen molar-refractivity contribution >= 4 is 17.8 Å². The number of nitrogens with zero attached hydrogens (tertiary/aromatic N) is 1. The number of carbonyl (C=O) groups is 3. The van der Waals surface area contributed by atoms with Gasteiger partial charge < -0.3 is 33.7 Å². The first-order chi connectivity index (χ1) is 21.1. The van der Waals surface area contributed by atoms with Gasteiger partial charge in [0, 0.05) is 19.2 Å². The van der Waals surface area contributed by atoms with Crippen molar-refractivity contribution in [1.82, 2.24) is 10.3 Å². The molecule has 0 bridgehead atoms. The van der Waals surface area contributed by atoms with Crippen LogP contribution in [-0.4, -0.2) is 61.1 Å². The zero-order chi connectivity index (χ0) is 31.6. The van der Waals surface area contributed by atoms with E-state index in [0.29, 0.717) is 24.3 Å². The van der Waals surface area contributed by atoms with Crippen LogP contribution in [0.2, 0.25) is 0 Å². The Labute approximate surface area is 252 Å². The topological polar surface area (TPSA) is 132 Å². The number of methoxy groups -OCH3 is 1. The second kappa shape index (κ2) is 15.0. The lowest BCUT2D eigenvalue weighted by molar-refractivity contribution is -0.157. The van der Waals surface area contributed by atoms with Crippen molar-refractivity contribution in [3.63, 3.8) is 0 Å². The molecular weight excluding hydrogens is 582 g/mol. The fraction of sp³-hybridized carbons (Fsp3) is 0.355. The second-order valence-corrected chi connectivity index (χ2v) is 9.83. The van der Waals surface area contributed by atoms with Gasteiger partial charge in [-0.3, -0.25) is 9.59 Å². The molecule has 1 aliphatic heterocycles. The minimum atomic E-state index is -1.09. The Morgan fingerprint density at radius 3 is 2.23 bits per heavy atom. The van der Waals surface area contributed by atoms with E-state index in [-0.39, 0.29) is 23.6 Å². The molecule has 0 aliphatic carbocycles. The number of halogens is 2. The molecule has 13 heteroatoms. The van der Waals surface area contributed by atoms with Crippen LogP contribution < -0.4 is 24.3 Å². The number of benzene rings is 2. The zero-order valence-electron chi connectivity index (χ0n) is 24.3. The Bertz CT molecular complexity index is 1440. The fourth-order valence-corrected chi connectivity index (χ4v) is 4.52. The van der Waals surface area contributed by atoms with Gasteiger partial charge in [0.05, 0.1) is 7.11 Å². The van der Waals surface area contributed by atoms with Gasteiger partial charge in [0.25, 0.3) is 5.91 Å². The summed E-state index contributed by atoms with van der Waals surface area (Å²) in [6.45, 7) is 2.32. The van der Waals surface area contributed by atoms with Gasteiger partial charge in [-0.15, -0.1) is 0 Å². The first-order valence-electron chi connectivity index (χ1n) is 13.8. The molecule has 1 saturated heterocycles. The van der Waals surface area contributed by atoms with Crippen molar-refractivity contribution in [1.29, 1.82) is 0 Å². The smallest absolute Gasteiger partial charge is 0.329 e. The molecule has 2 heterocycles. The largest absolute Gasteiger partial charge is 0.493 e. The Morgan fingerprint density at radius 2 is 1.61 bits per heavy atom. The number of nitrogens with one attached hydrogen (secondary N) is 1. The number of pyridine rings is 1. The fourth-order valence-electron chi connectivity index (χ4n) is 4.52. The predicted molar refractivity (Wildman–Crippen MR) is 150 cm³/mol. The molecule has 11 nitrogen and oxygen atoms in total. The summed E-state index contributed by atoms with van der Waals surface area (Å²) in [6.07, 6.45) is -0.210. The summed E-state index contributed by atoms with van der Waals surface area (Å²) in [5, 5.41) is 2.65. The average molecular weight is 615 g/mol. The van der Waals surface area contributed by atoms with Crippen molar-refractivity contribution in [2.75, 3.05) is 13.9 Å². The molecule has 2 aromatic carbocycles. The van der Waals surface area contributed by atoms with Crippen LogP contribution in [0.1, 0.15) is 43.6 Å². The number of ether oxygens (including phenoxy) is 6. The van der Waals surface area contributed by atoms with E-state index in [1.807, 2.05) is 0 Å². The van der Waals surface area contributed by atoms with Gasteiger partial charge in [-0.2, -0.15) is 0 Å². The molecule has 1 aliphatic rings. The molecule has 1 N–H and O–H groups in total. The maximum Gasteiger partial charge on any atom is 0.329 e. The van der Waals surface area contributed by atoms with E-state index in [1.54, 1.807) is 6.92 Å². The highest BCUT2D eigenvalue weighted by atomic mass is 19.1. The number of hydrogen-bond acceptors (Lipinski definition) is 10. The summed E-state index contributed by atoms with van der Waals surface area (Å²) in [5.74, 6) is -2.20. The number of rotatable bonds is 10.